The number of nitrogens with two attached hydrogens (primary N) is 1. The predicted molar refractivity (Wildman–Crippen MR) is 168 cm³/mol. The van der Waals surface area contributed by atoms with E-state index in [4.69, 9.17) is 11.1 Å². The average Bonchev–Trinajstić information content (AvgIpc) is 2.94. The summed E-state index contributed by atoms with van der Waals surface area (Å²) in [5.74, 6) is -2.26. The molecule has 216 valence electrons. The normalized spacial score (nSPS) is 15.0. The first kappa shape index (κ1) is 28.0. The van der Waals surface area contributed by atoms with Gasteiger partial charge in [0.1, 0.15) is 5.84 Å². The van der Waals surface area contributed by atoms with Crippen molar-refractivity contribution >= 4 is 51.6 Å². The van der Waals surface area contributed by atoms with E-state index in [1.165, 1.54) is 4.90 Å². The van der Waals surface area contributed by atoms with E-state index in [9.17, 15) is 19.2 Å². The Hall–Kier alpha value is -5.11. The Kier molecular flexibility index (Phi) is 5.99. The van der Waals surface area contributed by atoms with Crippen molar-refractivity contribution in [2.24, 2.45) is 5.73 Å². The van der Waals surface area contributed by atoms with Gasteiger partial charge in [0.2, 0.25) is 0 Å². The molecule has 2 aliphatic rings. The van der Waals surface area contributed by atoms with Gasteiger partial charge in [0.15, 0.2) is 0 Å². The van der Waals surface area contributed by atoms with Gasteiger partial charge in [-0.05, 0) is 76.6 Å². The number of nitrogens with zero attached hydrogens (tertiary/aromatic N) is 2. The molecule has 2 heterocycles. The van der Waals surface area contributed by atoms with Crippen molar-refractivity contribution in [3.8, 4) is 0 Å². The third kappa shape index (κ3) is 4.16. The lowest BCUT2D eigenvalue weighted by atomic mass is 9.80. The zero-order valence-electron chi connectivity index (χ0n) is 25.0. The van der Waals surface area contributed by atoms with E-state index < -0.39 is 23.6 Å². The Balaban J connectivity index is 1.52. The van der Waals surface area contributed by atoms with E-state index in [2.05, 4.69) is 20.8 Å². The van der Waals surface area contributed by atoms with Gasteiger partial charge in [-0.15, -0.1) is 0 Å². The monoisotopic (exact) mass is 572 g/mol. The Morgan fingerprint density at radius 3 is 1.44 bits per heavy atom. The van der Waals surface area contributed by atoms with Gasteiger partial charge in [0.25, 0.3) is 23.6 Å². The van der Waals surface area contributed by atoms with Crippen LogP contribution >= 0.6 is 0 Å². The molecule has 0 unspecified atom stereocenters. The molecule has 0 spiro atoms. The third-order valence-corrected chi connectivity index (χ3v) is 8.24. The second-order valence-corrected chi connectivity index (χ2v) is 13.2. The Bertz CT molecular complexity index is 1870. The van der Waals surface area contributed by atoms with Crippen molar-refractivity contribution in [2.45, 2.75) is 52.4 Å². The van der Waals surface area contributed by atoms with Crippen LogP contribution in [0.2, 0.25) is 0 Å². The number of anilines is 2. The highest BCUT2D eigenvalue weighted by Crippen LogP contribution is 2.43. The van der Waals surface area contributed by atoms with Gasteiger partial charge in [-0.3, -0.25) is 24.6 Å². The smallest absolute Gasteiger partial charge is 0.265 e. The Labute approximate surface area is 249 Å². The van der Waals surface area contributed by atoms with Gasteiger partial charge in [-0.2, -0.15) is 0 Å². The zero-order valence-corrected chi connectivity index (χ0v) is 25.0. The molecule has 2 aliphatic heterocycles. The largest absolute Gasteiger partial charge is 0.384 e. The maximum Gasteiger partial charge on any atom is 0.265 e. The van der Waals surface area contributed by atoms with Crippen molar-refractivity contribution in [1.82, 2.24) is 0 Å². The van der Waals surface area contributed by atoms with Crippen LogP contribution in [0, 0.1) is 5.41 Å². The molecule has 0 saturated carbocycles. The molecule has 3 N–H and O–H groups in total. The molecule has 0 aromatic heterocycles. The lowest BCUT2D eigenvalue weighted by Crippen LogP contribution is -2.44. The highest BCUT2D eigenvalue weighted by atomic mass is 16.2. The lowest BCUT2D eigenvalue weighted by Gasteiger charge is -2.35. The zero-order chi connectivity index (χ0) is 31.2. The van der Waals surface area contributed by atoms with Crippen LogP contribution in [0.5, 0.6) is 0 Å². The highest BCUT2D eigenvalue weighted by Gasteiger charge is 2.42. The topological polar surface area (TPSA) is 125 Å². The number of carbonyl (C=O) groups is 4. The minimum atomic E-state index is -0.563. The molecule has 8 heteroatoms. The molecule has 8 nitrogen and oxygen atoms in total. The Morgan fingerprint density at radius 2 is 1.05 bits per heavy atom. The van der Waals surface area contributed by atoms with E-state index in [1.54, 1.807) is 48.5 Å². The number of imide groups is 2. The molecule has 43 heavy (non-hydrogen) atoms. The number of nitrogens with one attached hydrogen (secondary N) is 1. The molecule has 6 rings (SSSR count). The molecule has 0 fully saturated rings. The van der Waals surface area contributed by atoms with Crippen LogP contribution in [0.4, 0.5) is 11.4 Å². The summed E-state index contributed by atoms with van der Waals surface area (Å²) >= 11 is 0. The summed E-state index contributed by atoms with van der Waals surface area (Å²) < 4.78 is 0. The molecule has 4 aromatic carbocycles. The lowest BCUT2D eigenvalue weighted by molar-refractivity contribution is 0.0872. The van der Waals surface area contributed by atoms with Crippen molar-refractivity contribution < 1.29 is 19.2 Å². The van der Waals surface area contributed by atoms with Crippen molar-refractivity contribution in [3.05, 3.63) is 106 Å². The number of rotatable bonds is 3. The maximum atomic E-state index is 14.2. The molecule has 0 atom stereocenters. The number of hydrogen-bond donors (Lipinski definition) is 2. The SMILES string of the molecule is CC(C)(C)c1ccc(C(C)(C)C)c(N2C(=O)c3ccc4c5c(ccc(c35)C2=O)C(=O)N(c2ccc(C(=N)N)cc2)C4=O)c1. The van der Waals surface area contributed by atoms with Crippen molar-refractivity contribution in [3.63, 3.8) is 0 Å². The van der Waals surface area contributed by atoms with Crippen LogP contribution in [-0.2, 0) is 10.8 Å². The first-order chi connectivity index (χ1) is 20.1. The molecule has 4 amide bonds. The fraction of sp³-hybridized carbons (Fsp3) is 0.229. The maximum absolute atomic E-state index is 14.2. The van der Waals surface area contributed by atoms with Crippen LogP contribution in [0.3, 0.4) is 0 Å². The van der Waals surface area contributed by atoms with Gasteiger partial charge in [-0.25, -0.2) is 9.80 Å². The summed E-state index contributed by atoms with van der Waals surface area (Å²) in [6.45, 7) is 12.4. The summed E-state index contributed by atoms with van der Waals surface area (Å²) in [6.07, 6.45) is 0. The Morgan fingerprint density at radius 1 is 0.605 bits per heavy atom. The second-order valence-electron chi connectivity index (χ2n) is 13.2. The molecular weight excluding hydrogens is 540 g/mol. The molecule has 4 aromatic rings. The fourth-order valence-corrected chi connectivity index (χ4v) is 5.94. The molecule has 0 saturated heterocycles. The number of carbonyl (C=O) groups excluding carboxylic acids is 4. The van der Waals surface area contributed by atoms with E-state index >= 15 is 0 Å². The number of amides is 4. The minimum absolute atomic E-state index is 0.129. The summed E-state index contributed by atoms with van der Waals surface area (Å²) in [5, 5.41) is 8.25. The van der Waals surface area contributed by atoms with Crippen molar-refractivity contribution in [1.29, 1.82) is 5.41 Å². The van der Waals surface area contributed by atoms with Crippen LogP contribution in [0.1, 0.15) is 99.7 Å². The number of nitrogen functional groups attached to an aromatic ring is 1. The minimum Gasteiger partial charge on any atom is -0.384 e. The van der Waals surface area contributed by atoms with Crippen LogP contribution in [0.15, 0.2) is 66.7 Å². The van der Waals surface area contributed by atoms with Gasteiger partial charge in [-0.1, -0.05) is 53.7 Å². The summed E-state index contributed by atoms with van der Waals surface area (Å²) in [7, 11) is 0. The van der Waals surface area contributed by atoms with Gasteiger partial charge >= 0.3 is 0 Å². The number of hydrogen-bond acceptors (Lipinski definition) is 5. The summed E-state index contributed by atoms with van der Waals surface area (Å²) in [6, 6.07) is 18.5. The number of amidine groups is 1. The predicted octanol–water partition coefficient (Wildman–Crippen LogP) is 6.32. The van der Waals surface area contributed by atoms with E-state index in [0.717, 1.165) is 16.0 Å². The van der Waals surface area contributed by atoms with Gasteiger partial charge < -0.3 is 5.73 Å². The first-order valence-corrected chi connectivity index (χ1v) is 14.1. The average molecular weight is 573 g/mol. The molecular formula is C35H32N4O4. The summed E-state index contributed by atoms with van der Waals surface area (Å²) in [5.41, 5.74) is 9.11. The third-order valence-electron chi connectivity index (χ3n) is 8.24. The van der Waals surface area contributed by atoms with E-state index in [1.807, 2.05) is 39.0 Å². The van der Waals surface area contributed by atoms with Crippen LogP contribution in [0.25, 0.3) is 10.8 Å². The standard InChI is InChI=1S/C35H32N4O4/c1-34(2,3)19-9-16-25(35(4,5)6)26(17-19)39-32(42)23-14-12-21-27-22(13-15-24(28(23)27)33(39)43)31(41)38(30(21)40)20-10-7-18(8-11-20)29(36)37/h7-17H,1-6H3,(H3,36,37). The molecule has 0 bridgehead atoms. The van der Waals surface area contributed by atoms with Crippen molar-refractivity contribution in [2.75, 3.05) is 9.80 Å². The summed E-state index contributed by atoms with van der Waals surface area (Å²) in [4.78, 5) is 58.2. The second kappa shape index (κ2) is 9.19. The highest BCUT2D eigenvalue weighted by molar-refractivity contribution is 6.42. The van der Waals surface area contributed by atoms with Crippen LogP contribution in [-0.4, -0.2) is 29.5 Å². The molecule has 0 aliphatic carbocycles. The van der Waals surface area contributed by atoms with E-state index in [0.29, 0.717) is 27.7 Å². The van der Waals surface area contributed by atoms with Gasteiger partial charge in [0.05, 0.1) is 11.4 Å². The molecule has 0 radical (unpaired) electrons. The first-order valence-electron chi connectivity index (χ1n) is 14.1. The fourth-order valence-electron chi connectivity index (χ4n) is 5.94. The quantitative estimate of drug-likeness (QED) is 0.169. The van der Waals surface area contributed by atoms with E-state index in [-0.39, 0.29) is 38.9 Å². The number of benzene rings is 4. The van der Waals surface area contributed by atoms with Gasteiger partial charge in [0, 0.05) is 38.6 Å². The van der Waals surface area contributed by atoms with Crippen LogP contribution < -0.4 is 15.5 Å².